The Hall–Kier alpha value is -0.860. The van der Waals surface area contributed by atoms with Crippen molar-refractivity contribution in [3.63, 3.8) is 0 Å². The van der Waals surface area contributed by atoms with Crippen LogP contribution in [0.25, 0.3) is 0 Å². The first kappa shape index (κ1) is 12.2. The summed E-state index contributed by atoms with van der Waals surface area (Å²) < 4.78 is 0. The number of rotatable bonds is 3. The third-order valence-electron chi connectivity index (χ3n) is 4.29. The molecule has 2 heteroatoms. The molecule has 1 aliphatic heterocycles. The highest BCUT2D eigenvalue weighted by molar-refractivity contribution is 5.26. The van der Waals surface area contributed by atoms with Gasteiger partial charge in [0.05, 0.1) is 0 Å². The van der Waals surface area contributed by atoms with Crippen molar-refractivity contribution in [1.29, 1.82) is 0 Å². The molecule has 0 amide bonds. The van der Waals surface area contributed by atoms with E-state index in [0.29, 0.717) is 12.0 Å². The third-order valence-corrected chi connectivity index (χ3v) is 4.29. The highest BCUT2D eigenvalue weighted by Gasteiger charge is 2.30. The molecule has 2 unspecified atom stereocenters. The van der Waals surface area contributed by atoms with E-state index in [9.17, 15) is 0 Å². The zero-order chi connectivity index (χ0) is 12.5. The average molecular weight is 244 g/mol. The molecule has 1 aliphatic carbocycles. The largest absolute Gasteiger partial charge is 0.327 e. The fourth-order valence-electron chi connectivity index (χ4n) is 3.21. The van der Waals surface area contributed by atoms with E-state index in [2.05, 4.69) is 36.1 Å². The van der Waals surface area contributed by atoms with Crippen LogP contribution < -0.4 is 5.73 Å². The molecule has 18 heavy (non-hydrogen) atoms. The molecule has 3 rings (SSSR count). The molecule has 2 atom stereocenters. The van der Waals surface area contributed by atoms with Gasteiger partial charge in [0, 0.05) is 25.7 Å². The molecule has 2 fully saturated rings. The highest BCUT2D eigenvalue weighted by Crippen LogP contribution is 2.33. The Bertz CT molecular complexity index is 409. The molecule has 0 bridgehead atoms. The molecule has 1 aromatic rings. The van der Waals surface area contributed by atoms with Gasteiger partial charge in [-0.25, -0.2) is 0 Å². The summed E-state index contributed by atoms with van der Waals surface area (Å²) in [5, 5.41) is 0. The molecule has 2 aliphatic rings. The van der Waals surface area contributed by atoms with Gasteiger partial charge in [0.25, 0.3) is 0 Å². The summed E-state index contributed by atoms with van der Waals surface area (Å²) in [5.41, 5.74) is 9.08. The topological polar surface area (TPSA) is 29.3 Å². The quantitative estimate of drug-likeness (QED) is 0.885. The summed E-state index contributed by atoms with van der Waals surface area (Å²) >= 11 is 0. The summed E-state index contributed by atoms with van der Waals surface area (Å²) in [5.74, 6) is 1.60. The van der Waals surface area contributed by atoms with Gasteiger partial charge in [-0.3, -0.25) is 0 Å². The van der Waals surface area contributed by atoms with Crippen LogP contribution in [-0.4, -0.2) is 30.6 Å². The second-order valence-electron chi connectivity index (χ2n) is 6.27. The van der Waals surface area contributed by atoms with Gasteiger partial charge in [0.1, 0.15) is 0 Å². The molecular weight excluding hydrogens is 220 g/mol. The lowest BCUT2D eigenvalue weighted by molar-refractivity contribution is 0.182. The summed E-state index contributed by atoms with van der Waals surface area (Å²) in [6.07, 6.45) is 4.01. The van der Waals surface area contributed by atoms with Crippen molar-refractivity contribution in [1.82, 2.24) is 4.90 Å². The smallest absolute Gasteiger partial charge is 0.0174 e. The minimum absolute atomic E-state index is 0.350. The molecule has 2 N–H and O–H groups in total. The van der Waals surface area contributed by atoms with Crippen LogP contribution in [0.2, 0.25) is 0 Å². The van der Waals surface area contributed by atoms with Crippen molar-refractivity contribution in [3.05, 3.63) is 35.4 Å². The van der Waals surface area contributed by atoms with E-state index < -0.39 is 0 Å². The van der Waals surface area contributed by atoms with Gasteiger partial charge >= 0.3 is 0 Å². The number of piperidine rings is 1. The lowest BCUT2D eigenvalue weighted by atomic mass is 9.87. The predicted octanol–water partition coefficient (Wildman–Crippen LogP) is 2.52. The van der Waals surface area contributed by atoms with E-state index in [1.54, 1.807) is 0 Å². The second-order valence-corrected chi connectivity index (χ2v) is 6.27. The van der Waals surface area contributed by atoms with Gasteiger partial charge in [0.2, 0.25) is 0 Å². The van der Waals surface area contributed by atoms with Crippen molar-refractivity contribution in [3.8, 4) is 0 Å². The van der Waals surface area contributed by atoms with Gasteiger partial charge < -0.3 is 10.6 Å². The molecule has 1 saturated heterocycles. The van der Waals surface area contributed by atoms with Crippen molar-refractivity contribution in [2.45, 2.75) is 38.1 Å². The molecule has 1 heterocycles. The first-order valence-corrected chi connectivity index (χ1v) is 7.25. The zero-order valence-electron chi connectivity index (χ0n) is 11.3. The van der Waals surface area contributed by atoms with Crippen LogP contribution in [0.3, 0.4) is 0 Å². The van der Waals surface area contributed by atoms with Crippen molar-refractivity contribution >= 4 is 0 Å². The van der Waals surface area contributed by atoms with Gasteiger partial charge in [0.15, 0.2) is 0 Å². The molecule has 2 nitrogen and oxygen atoms in total. The third kappa shape index (κ3) is 2.93. The lowest BCUT2D eigenvalue weighted by Gasteiger charge is -2.36. The fourth-order valence-corrected chi connectivity index (χ4v) is 3.21. The predicted molar refractivity (Wildman–Crippen MR) is 75.7 cm³/mol. The molecule has 0 aromatic heterocycles. The van der Waals surface area contributed by atoms with Crippen LogP contribution in [-0.2, 0) is 0 Å². The number of likely N-dealkylation sites (tertiary alicyclic amines) is 1. The summed E-state index contributed by atoms with van der Waals surface area (Å²) in [6.45, 7) is 5.75. The SMILES string of the molecule is Cc1cccc(C2CC(N)CN(CC3CC3)C2)c1. The Labute approximate surface area is 110 Å². The number of nitrogens with two attached hydrogens (primary N) is 1. The minimum atomic E-state index is 0.350. The highest BCUT2D eigenvalue weighted by atomic mass is 15.2. The fraction of sp³-hybridized carbons (Fsp3) is 0.625. The Morgan fingerprint density at radius 2 is 2.11 bits per heavy atom. The minimum Gasteiger partial charge on any atom is -0.327 e. The molecule has 1 saturated carbocycles. The molecule has 0 spiro atoms. The van der Waals surface area contributed by atoms with E-state index in [0.717, 1.165) is 18.9 Å². The number of hydrogen-bond acceptors (Lipinski definition) is 2. The summed E-state index contributed by atoms with van der Waals surface area (Å²) in [4.78, 5) is 2.60. The molecule has 1 aromatic carbocycles. The Morgan fingerprint density at radius 1 is 1.28 bits per heavy atom. The van der Waals surface area contributed by atoms with Gasteiger partial charge in [-0.1, -0.05) is 29.8 Å². The normalized spacial score (nSPS) is 29.4. The van der Waals surface area contributed by atoms with Gasteiger partial charge in [-0.05, 0) is 43.6 Å². The standard InChI is InChI=1S/C16H24N2/c1-12-3-2-4-14(7-12)15-8-16(17)11-18(10-15)9-13-5-6-13/h2-4,7,13,15-16H,5-6,8-11,17H2,1H3. The Morgan fingerprint density at radius 3 is 2.83 bits per heavy atom. The lowest BCUT2D eigenvalue weighted by Crippen LogP contribution is -2.46. The van der Waals surface area contributed by atoms with Gasteiger partial charge in [-0.15, -0.1) is 0 Å². The Kier molecular flexibility index (Phi) is 3.40. The van der Waals surface area contributed by atoms with E-state index in [1.807, 2.05) is 0 Å². The number of benzene rings is 1. The van der Waals surface area contributed by atoms with Crippen molar-refractivity contribution in [2.75, 3.05) is 19.6 Å². The molecule has 98 valence electrons. The average Bonchev–Trinajstić information content (AvgIpc) is 3.12. The van der Waals surface area contributed by atoms with E-state index >= 15 is 0 Å². The van der Waals surface area contributed by atoms with Crippen LogP contribution >= 0.6 is 0 Å². The number of aryl methyl sites for hydroxylation is 1. The maximum Gasteiger partial charge on any atom is 0.0174 e. The van der Waals surface area contributed by atoms with E-state index in [4.69, 9.17) is 5.73 Å². The monoisotopic (exact) mass is 244 g/mol. The first-order chi connectivity index (χ1) is 8.70. The maximum atomic E-state index is 6.25. The number of hydrogen-bond donors (Lipinski definition) is 1. The van der Waals surface area contributed by atoms with Crippen LogP contribution in [0.1, 0.15) is 36.3 Å². The summed E-state index contributed by atoms with van der Waals surface area (Å²) in [6, 6.07) is 9.30. The van der Waals surface area contributed by atoms with Crippen LogP contribution in [0, 0.1) is 12.8 Å². The second kappa shape index (κ2) is 5.02. The Balaban J connectivity index is 1.70. The zero-order valence-corrected chi connectivity index (χ0v) is 11.3. The molecular formula is C16H24N2. The van der Waals surface area contributed by atoms with Crippen LogP contribution in [0.5, 0.6) is 0 Å². The van der Waals surface area contributed by atoms with Crippen molar-refractivity contribution in [2.24, 2.45) is 11.7 Å². The van der Waals surface area contributed by atoms with Crippen molar-refractivity contribution < 1.29 is 0 Å². The number of nitrogens with zero attached hydrogens (tertiary/aromatic N) is 1. The van der Waals surface area contributed by atoms with Crippen LogP contribution in [0.4, 0.5) is 0 Å². The van der Waals surface area contributed by atoms with Crippen LogP contribution in [0.15, 0.2) is 24.3 Å². The van der Waals surface area contributed by atoms with E-state index in [1.165, 1.54) is 37.1 Å². The maximum absolute atomic E-state index is 6.25. The van der Waals surface area contributed by atoms with Gasteiger partial charge in [-0.2, -0.15) is 0 Å². The molecule has 0 radical (unpaired) electrons. The summed E-state index contributed by atoms with van der Waals surface area (Å²) in [7, 11) is 0. The first-order valence-electron chi connectivity index (χ1n) is 7.25. The van der Waals surface area contributed by atoms with E-state index in [-0.39, 0.29) is 0 Å².